The van der Waals surface area contributed by atoms with E-state index in [9.17, 15) is 4.79 Å². The molecule has 1 saturated heterocycles. The first kappa shape index (κ1) is 12.9. The van der Waals surface area contributed by atoms with Crippen LogP contribution in [0, 0.1) is 12.8 Å². The molecule has 0 bridgehead atoms. The van der Waals surface area contributed by atoms with Gasteiger partial charge in [-0.05, 0) is 37.0 Å². The van der Waals surface area contributed by atoms with Gasteiger partial charge in [0.15, 0.2) is 0 Å². The maximum absolute atomic E-state index is 11.3. The lowest BCUT2D eigenvalue weighted by molar-refractivity contribution is -0.122. The number of carbonyl (C=O) groups is 1. The SMILES string of the molecule is Cc1cc(CN)ccc1N1CCCC(C(N)=O)C1. The van der Waals surface area contributed by atoms with E-state index in [2.05, 4.69) is 30.0 Å². The van der Waals surface area contributed by atoms with Crippen molar-refractivity contribution in [1.82, 2.24) is 0 Å². The van der Waals surface area contributed by atoms with E-state index in [0.29, 0.717) is 6.54 Å². The highest BCUT2D eigenvalue weighted by molar-refractivity contribution is 5.77. The number of piperidine rings is 1. The third kappa shape index (κ3) is 2.64. The highest BCUT2D eigenvalue weighted by atomic mass is 16.1. The van der Waals surface area contributed by atoms with Crippen LogP contribution < -0.4 is 16.4 Å². The number of benzene rings is 1. The molecule has 0 spiro atoms. The quantitative estimate of drug-likeness (QED) is 0.841. The molecule has 1 aromatic carbocycles. The van der Waals surface area contributed by atoms with E-state index >= 15 is 0 Å². The van der Waals surface area contributed by atoms with Crippen molar-refractivity contribution in [2.45, 2.75) is 26.3 Å². The van der Waals surface area contributed by atoms with Crippen molar-refractivity contribution in [3.8, 4) is 0 Å². The average Bonchev–Trinajstić information content (AvgIpc) is 2.38. The number of carbonyl (C=O) groups excluding carboxylic acids is 1. The summed E-state index contributed by atoms with van der Waals surface area (Å²) < 4.78 is 0. The van der Waals surface area contributed by atoms with Gasteiger partial charge in [-0.3, -0.25) is 4.79 Å². The number of hydrogen-bond donors (Lipinski definition) is 2. The van der Waals surface area contributed by atoms with Crippen LogP contribution in [0.15, 0.2) is 18.2 Å². The van der Waals surface area contributed by atoms with Crippen molar-refractivity contribution in [2.75, 3.05) is 18.0 Å². The van der Waals surface area contributed by atoms with E-state index in [4.69, 9.17) is 11.5 Å². The molecule has 4 N–H and O–H groups in total. The molecular weight excluding hydrogens is 226 g/mol. The highest BCUT2D eigenvalue weighted by Crippen LogP contribution is 2.26. The molecule has 0 aliphatic carbocycles. The summed E-state index contributed by atoms with van der Waals surface area (Å²) in [5.41, 5.74) is 14.6. The Balaban J connectivity index is 2.18. The maximum atomic E-state index is 11.3. The molecule has 1 aliphatic heterocycles. The molecule has 0 radical (unpaired) electrons. The molecule has 0 aromatic heterocycles. The number of rotatable bonds is 3. The van der Waals surface area contributed by atoms with Gasteiger partial charge in [-0.2, -0.15) is 0 Å². The number of aryl methyl sites for hydroxylation is 1. The monoisotopic (exact) mass is 247 g/mol. The summed E-state index contributed by atoms with van der Waals surface area (Å²) in [4.78, 5) is 13.6. The third-order valence-corrected chi connectivity index (χ3v) is 3.66. The second-order valence-corrected chi connectivity index (χ2v) is 5.01. The largest absolute Gasteiger partial charge is 0.371 e. The first-order chi connectivity index (χ1) is 8.61. The summed E-state index contributed by atoms with van der Waals surface area (Å²) >= 11 is 0. The molecule has 1 atom stereocenters. The smallest absolute Gasteiger partial charge is 0.222 e. The predicted octanol–water partition coefficient (Wildman–Crippen LogP) is 1.16. The average molecular weight is 247 g/mol. The Morgan fingerprint density at radius 1 is 1.50 bits per heavy atom. The first-order valence-corrected chi connectivity index (χ1v) is 6.45. The van der Waals surface area contributed by atoms with Gasteiger partial charge in [0, 0.05) is 25.3 Å². The topological polar surface area (TPSA) is 72.3 Å². The first-order valence-electron chi connectivity index (χ1n) is 6.45. The van der Waals surface area contributed by atoms with Crippen molar-refractivity contribution >= 4 is 11.6 Å². The molecule has 98 valence electrons. The van der Waals surface area contributed by atoms with Crippen LogP contribution in [0.2, 0.25) is 0 Å². The molecule has 1 aromatic rings. The van der Waals surface area contributed by atoms with Gasteiger partial charge in [0.1, 0.15) is 0 Å². The number of hydrogen-bond acceptors (Lipinski definition) is 3. The summed E-state index contributed by atoms with van der Waals surface area (Å²) in [6, 6.07) is 6.26. The van der Waals surface area contributed by atoms with E-state index in [1.165, 1.54) is 11.3 Å². The molecular formula is C14H21N3O. The standard InChI is InChI=1S/C14H21N3O/c1-10-7-11(8-15)4-5-13(10)17-6-2-3-12(9-17)14(16)18/h4-5,7,12H,2-3,6,8-9,15H2,1H3,(H2,16,18). The van der Waals surface area contributed by atoms with E-state index in [1.54, 1.807) is 0 Å². The zero-order valence-corrected chi connectivity index (χ0v) is 10.9. The van der Waals surface area contributed by atoms with Crippen LogP contribution in [0.1, 0.15) is 24.0 Å². The maximum Gasteiger partial charge on any atom is 0.222 e. The Morgan fingerprint density at radius 2 is 2.28 bits per heavy atom. The molecule has 18 heavy (non-hydrogen) atoms. The highest BCUT2D eigenvalue weighted by Gasteiger charge is 2.24. The zero-order chi connectivity index (χ0) is 13.1. The van der Waals surface area contributed by atoms with E-state index in [-0.39, 0.29) is 11.8 Å². The van der Waals surface area contributed by atoms with Crippen LogP contribution in [0.4, 0.5) is 5.69 Å². The fraction of sp³-hybridized carbons (Fsp3) is 0.500. The lowest BCUT2D eigenvalue weighted by Crippen LogP contribution is -2.41. The molecule has 1 aliphatic rings. The van der Waals surface area contributed by atoms with Crippen molar-refractivity contribution in [3.63, 3.8) is 0 Å². The minimum Gasteiger partial charge on any atom is -0.371 e. The lowest BCUT2D eigenvalue weighted by atomic mass is 9.96. The van der Waals surface area contributed by atoms with Gasteiger partial charge < -0.3 is 16.4 Å². The molecule has 0 saturated carbocycles. The molecule has 4 nitrogen and oxygen atoms in total. The number of amides is 1. The van der Waals surface area contributed by atoms with E-state index in [0.717, 1.165) is 31.5 Å². The van der Waals surface area contributed by atoms with Gasteiger partial charge in [-0.1, -0.05) is 12.1 Å². The number of nitrogens with zero attached hydrogens (tertiary/aromatic N) is 1. The number of anilines is 1. The van der Waals surface area contributed by atoms with E-state index < -0.39 is 0 Å². The van der Waals surface area contributed by atoms with Crippen LogP contribution in [-0.4, -0.2) is 19.0 Å². The predicted molar refractivity (Wildman–Crippen MR) is 73.2 cm³/mol. The van der Waals surface area contributed by atoms with Crippen molar-refractivity contribution in [2.24, 2.45) is 17.4 Å². The zero-order valence-electron chi connectivity index (χ0n) is 10.9. The van der Waals surface area contributed by atoms with Crippen molar-refractivity contribution in [3.05, 3.63) is 29.3 Å². The second-order valence-electron chi connectivity index (χ2n) is 5.01. The molecule has 1 amide bonds. The fourth-order valence-electron chi connectivity index (χ4n) is 2.63. The number of nitrogens with two attached hydrogens (primary N) is 2. The van der Waals surface area contributed by atoms with Crippen LogP contribution in [0.3, 0.4) is 0 Å². The van der Waals surface area contributed by atoms with Gasteiger partial charge in [-0.15, -0.1) is 0 Å². The van der Waals surface area contributed by atoms with Gasteiger partial charge in [-0.25, -0.2) is 0 Å². The second kappa shape index (κ2) is 5.40. The van der Waals surface area contributed by atoms with Gasteiger partial charge in [0.05, 0.1) is 5.92 Å². The summed E-state index contributed by atoms with van der Waals surface area (Å²) in [5, 5.41) is 0. The van der Waals surface area contributed by atoms with Crippen LogP contribution in [0.5, 0.6) is 0 Å². The Hall–Kier alpha value is -1.55. The number of primary amides is 1. The molecule has 1 unspecified atom stereocenters. The minimum atomic E-state index is -0.184. The van der Waals surface area contributed by atoms with E-state index in [1.807, 2.05) is 0 Å². The normalized spacial score (nSPS) is 19.9. The van der Waals surface area contributed by atoms with Crippen LogP contribution >= 0.6 is 0 Å². The van der Waals surface area contributed by atoms with Gasteiger partial charge in [0.25, 0.3) is 0 Å². The van der Waals surface area contributed by atoms with Crippen LogP contribution in [0.25, 0.3) is 0 Å². The summed E-state index contributed by atoms with van der Waals surface area (Å²) in [5.74, 6) is -0.205. The minimum absolute atomic E-state index is 0.0210. The third-order valence-electron chi connectivity index (χ3n) is 3.66. The van der Waals surface area contributed by atoms with Gasteiger partial charge >= 0.3 is 0 Å². The molecule has 1 fully saturated rings. The fourth-order valence-corrected chi connectivity index (χ4v) is 2.63. The molecule has 1 heterocycles. The Kier molecular flexibility index (Phi) is 3.87. The summed E-state index contributed by atoms with van der Waals surface area (Å²) in [7, 11) is 0. The van der Waals surface area contributed by atoms with Crippen LogP contribution in [-0.2, 0) is 11.3 Å². The summed E-state index contributed by atoms with van der Waals surface area (Å²) in [6.45, 7) is 4.37. The Bertz CT molecular complexity index is 445. The van der Waals surface area contributed by atoms with Crippen molar-refractivity contribution < 1.29 is 4.79 Å². The summed E-state index contributed by atoms with van der Waals surface area (Å²) in [6.07, 6.45) is 1.93. The Labute approximate surface area is 108 Å². The van der Waals surface area contributed by atoms with Crippen molar-refractivity contribution in [1.29, 1.82) is 0 Å². The Morgan fingerprint density at radius 3 is 2.89 bits per heavy atom. The lowest BCUT2D eigenvalue weighted by Gasteiger charge is -2.34. The van der Waals surface area contributed by atoms with Gasteiger partial charge in [0.2, 0.25) is 5.91 Å². The molecule has 4 heteroatoms. The molecule has 2 rings (SSSR count).